The van der Waals surface area contributed by atoms with Crippen LogP contribution in [-0.4, -0.2) is 12.6 Å². The van der Waals surface area contributed by atoms with Gasteiger partial charge < -0.3 is 5.32 Å². The minimum Gasteiger partial charge on any atom is -0.314 e. The molecule has 20 heavy (non-hydrogen) atoms. The summed E-state index contributed by atoms with van der Waals surface area (Å²) in [7, 11) is 0. The summed E-state index contributed by atoms with van der Waals surface area (Å²) in [5.74, 6) is 0. The molecule has 1 aromatic carbocycles. The molecule has 0 saturated heterocycles. The van der Waals surface area contributed by atoms with Crippen molar-refractivity contribution in [2.24, 2.45) is 0 Å². The number of hydrogen-bond donors (Lipinski definition) is 1. The molecule has 0 aliphatic heterocycles. The van der Waals surface area contributed by atoms with Crippen LogP contribution in [-0.2, 0) is 12.8 Å². The van der Waals surface area contributed by atoms with Crippen LogP contribution in [0.25, 0.3) is 0 Å². The van der Waals surface area contributed by atoms with Crippen LogP contribution in [0.2, 0.25) is 0 Å². The second-order valence-corrected chi connectivity index (χ2v) is 6.60. The molecule has 0 amide bonds. The Kier molecular flexibility index (Phi) is 5.81. The highest BCUT2D eigenvalue weighted by Gasteiger charge is 2.09. The average molecular weight is 287 g/mol. The Balaban J connectivity index is 1.97. The molecule has 2 heteroatoms. The monoisotopic (exact) mass is 287 g/mol. The van der Waals surface area contributed by atoms with E-state index >= 15 is 0 Å². The van der Waals surface area contributed by atoms with Gasteiger partial charge in [-0.15, -0.1) is 11.3 Å². The van der Waals surface area contributed by atoms with Gasteiger partial charge in [0.05, 0.1) is 0 Å². The summed E-state index contributed by atoms with van der Waals surface area (Å²) in [6, 6.07) is 11.8. The molecule has 0 aliphatic rings. The van der Waals surface area contributed by atoms with Crippen molar-refractivity contribution in [2.75, 3.05) is 6.54 Å². The van der Waals surface area contributed by atoms with E-state index in [1.165, 1.54) is 34.4 Å². The van der Waals surface area contributed by atoms with Crippen LogP contribution in [0, 0.1) is 13.8 Å². The van der Waals surface area contributed by atoms with Crippen LogP contribution in [0.3, 0.4) is 0 Å². The highest BCUT2D eigenvalue weighted by molar-refractivity contribution is 7.09. The Morgan fingerprint density at radius 3 is 2.50 bits per heavy atom. The van der Waals surface area contributed by atoms with Crippen LogP contribution < -0.4 is 5.32 Å². The third-order valence-corrected chi connectivity index (χ3v) is 4.51. The fraction of sp³-hybridized carbons (Fsp3) is 0.444. The lowest BCUT2D eigenvalue weighted by Crippen LogP contribution is -2.31. The molecule has 1 atom stereocenters. The van der Waals surface area contributed by atoms with Crippen LogP contribution in [0.4, 0.5) is 0 Å². The highest BCUT2D eigenvalue weighted by Crippen LogP contribution is 2.16. The third kappa shape index (κ3) is 4.77. The number of benzene rings is 1. The summed E-state index contributed by atoms with van der Waals surface area (Å²) in [5, 5.41) is 5.81. The van der Waals surface area contributed by atoms with Crippen molar-refractivity contribution in [1.29, 1.82) is 0 Å². The Hall–Kier alpha value is -1.12. The molecule has 0 fully saturated rings. The number of nitrogens with one attached hydrogen (secondary N) is 1. The van der Waals surface area contributed by atoms with Crippen LogP contribution >= 0.6 is 11.3 Å². The van der Waals surface area contributed by atoms with E-state index in [2.05, 4.69) is 61.8 Å². The van der Waals surface area contributed by atoms with Crippen molar-refractivity contribution in [1.82, 2.24) is 5.32 Å². The number of thiophene rings is 1. The predicted octanol–water partition coefficient (Wildman–Crippen LogP) is 4.52. The SMILES string of the molecule is CCNC(CCc1cccs1)Cc1cc(C)cc(C)c1. The standard InChI is InChI=1S/C18H25NS/c1-4-19-17(7-8-18-6-5-9-20-18)13-16-11-14(2)10-15(3)12-16/h5-6,9-12,17,19H,4,7-8,13H2,1-3H3. The quantitative estimate of drug-likeness (QED) is 0.789. The molecule has 2 aromatic rings. The van der Waals surface area contributed by atoms with E-state index in [1.807, 2.05) is 11.3 Å². The Morgan fingerprint density at radius 2 is 1.90 bits per heavy atom. The Labute approximate surface area is 127 Å². The van der Waals surface area contributed by atoms with E-state index in [-0.39, 0.29) is 0 Å². The first kappa shape index (κ1) is 15.3. The molecular formula is C18H25NS. The third-order valence-electron chi connectivity index (χ3n) is 3.58. The lowest BCUT2D eigenvalue weighted by Gasteiger charge is -2.18. The zero-order valence-corrected chi connectivity index (χ0v) is 13.6. The molecule has 0 radical (unpaired) electrons. The molecule has 0 spiro atoms. The second-order valence-electron chi connectivity index (χ2n) is 5.57. The maximum absolute atomic E-state index is 3.64. The van der Waals surface area contributed by atoms with Gasteiger partial charge in [0, 0.05) is 10.9 Å². The number of aryl methyl sites for hydroxylation is 3. The fourth-order valence-corrected chi connectivity index (χ4v) is 3.53. The van der Waals surface area contributed by atoms with Gasteiger partial charge in [-0.2, -0.15) is 0 Å². The van der Waals surface area contributed by atoms with Gasteiger partial charge >= 0.3 is 0 Å². The molecule has 0 bridgehead atoms. The summed E-state index contributed by atoms with van der Waals surface area (Å²) >= 11 is 1.87. The summed E-state index contributed by atoms with van der Waals surface area (Å²) in [4.78, 5) is 1.49. The summed E-state index contributed by atoms with van der Waals surface area (Å²) in [5.41, 5.74) is 4.20. The molecule has 0 saturated carbocycles. The van der Waals surface area contributed by atoms with E-state index in [0.717, 1.165) is 13.0 Å². The first-order valence-electron chi connectivity index (χ1n) is 7.50. The lowest BCUT2D eigenvalue weighted by molar-refractivity contribution is 0.492. The Morgan fingerprint density at radius 1 is 1.15 bits per heavy atom. The van der Waals surface area contributed by atoms with Gasteiger partial charge in [0.15, 0.2) is 0 Å². The number of likely N-dealkylation sites (N-methyl/N-ethyl adjacent to an activating group) is 1. The smallest absolute Gasteiger partial charge is 0.0111 e. The minimum absolute atomic E-state index is 0.572. The topological polar surface area (TPSA) is 12.0 Å². The zero-order valence-electron chi connectivity index (χ0n) is 12.8. The predicted molar refractivity (Wildman–Crippen MR) is 89.7 cm³/mol. The maximum atomic E-state index is 3.64. The maximum Gasteiger partial charge on any atom is 0.0111 e. The lowest BCUT2D eigenvalue weighted by atomic mass is 9.98. The van der Waals surface area contributed by atoms with Crippen molar-refractivity contribution < 1.29 is 0 Å². The van der Waals surface area contributed by atoms with Gasteiger partial charge in [-0.25, -0.2) is 0 Å². The molecule has 0 aliphatic carbocycles. The van der Waals surface area contributed by atoms with Gasteiger partial charge in [-0.3, -0.25) is 0 Å². The van der Waals surface area contributed by atoms with Crippen LogP contribution in [0.15, 0.2) is 35.7 Å². The van der Waals surface area contributed by atoms with E-state index in [4.69, 9.17) is 0 Å². The van der Waals surface area contributed by atoms with Crippen molar-refractivity contribution in [3.63, 3.8) is 0 Å². The van der Waals surface area contributed by atoms with Gasteiger partial charge in [0.25, 0.3) is 0 Å². The normalized spacial score (nSPS) is 12.6. The van der Waals surface area contributed by atoms with E-state index in [1.54, 1.807) is 0 Å². The molecular weight excluding hydrogens is 262 g/mol. The molecule has 1 heterocycles. The molecule has 1 nitrogen and oxygen atoms in total. The first-order chi connectivity index (χ1) is 9.67. The van der Waals surface area contributed by atoms with Gasteiger partial charge in [-0.1, -0.05) is 42.3 Å². The van der Waals surface area contributed by atoms with E-state index in [0.29, 0.717) is 6.04 Å². The number of hydrogen-bond acceptors (Lipinski definition) is 2. The van der Waals surface area contributed by atoms with Gasteiger partial charge in [0.1, 0.15) is 0 Å². The van der Waals surface area contributed by atoms with Crippen LogP contribution in [0.1, 0.15) is 34.9 Å². The van der Waals surface area contributed by atoms with Crippen LogP contribution in [0.5, 0.6) is 0 Å². The zero-order chi connectivity index (χ0) is 14.4. The van der Waals surface area contributed by atoms with Crippen molar-refractivity contribution in [2.45, 2.75) is 46.1 Å². The van der Waals surface area contributed by atoms with Crippen molar-refractivity contribution >= 4 is 11.3 Å². The van der Waals surface area contributed by atoms with Crippen molar-refractivity contribution in [3.8, 4) is 0 Å². The molecule has 2 rings (SSSR count). The second kappa shape index (κ2) is 7.61. The minimum atomic E-state index is 0.572. The van der Waals surface area contributed by atoms with Crippen molar-refractivity contribution in [3.05, 3.63) is 57.3 Å². The highest BCUT2D eigenvalue weighted by atomic mass is 32.1. The summed E-state index contributed by atoms with van der Waals surface area (Å²) in [6.07, 6.45) is 3.52. The van der Waals surface area contributed by atoms with E-state index < -0.39 is 0 Å². The number of rotatable bonds is 7. The summed E-state index contributed by atoms with van der Waals surface area (Å²) < 4.78 is 0. The largest absolute Gasteiger partial charge is 0.314 e. The summed E-state index contributed by atoms with van der Waals surface area (Å²) in [6.45, 7) is 7.61. The van der Waals surface area contributed by atoms with Gasteiger partial charge in [0.2, 0.25) is 0 Å². The molecule has 1 N–H and O–H groups in total. The van der Waals surface area contributed by atoms with Gasteiger partial charge in [-0.05, 0) is 56.7 Å². The van der Waals surface area contributed by atoms with E-state index in [9.17, 15) is 0 Å². The Bertz CT molecular complexity index is 496. The fourth-order valence-electron chi connectivity index (χ4n) is 2.81. The first-order valence-corrected chi connectivity index (χ1v) is 8.38. The molecule has 1 aromatic heterocycles. The molecule has 108 valence electrons. The molecule has 1 unspecified atom stereocenters. The average Bonchev–Trinajstić information content (AvgIpc) is 2.88.